The van der Waals surface area contributed by atoms with Crippen molar-refractivity contribution >= 4 is 0 Å². The van der Waals surface area contributed by atoms with Crippen molar-refractivity contribution in [2.24, 2.45) is 0 Å². The van der Waals surface area contributed by atoms with Crippen LogP contribution in [-0.2, 0) is 4.74 Å². The molecule has 12 heavy (non-hydrogen) atoms. The largest absolute Gasteiger partial charge is 0.359 e. The highest BCUT2D eigenvalue weighted by atomic mass is 16.5. The molecule has 1 aliphatic heterocycles. The Kier molecular flexibility index (Phi) is 1.77. The zero-order chi connectivity index (χ0) is 8.77. The monoisotopic (exact) mass is 167 g/mol. The van der Waals surface area contributed by atoms with E-state index in [0.717, 1.165) is 6.61 Å². The SMILES string of the molecule is CN1[C@@H](C=C2CC2)COC1(C)C. The first-order valence-corrected chi connectivity index (χ1v) is 4.66. The number of allylic oxidation sites excluding steroid dienone is 1. The molecule has 2 aliphatic rings. The summed E-state index contributed by atoms with van der Waals surface area (Å²) in [5.74, 6) is 0. The topological polar surface area (TPSA) is 12.5 Å². The molecule has 2 heteroatoms. The Hall–Kier alpha value is -0.340. The van der Waals surface area contributed by atoms with Crippen molar-refractivity contribution in [3.05, 3.63) is 11.6 Å². The second kappa shape index (κ2) is 2.57. The molecule has 0 aromatic rings. The third kappa shape index (κ3) is 1.41. The fourth-order valence-corrected chi connectivity index (χ4v) is 1.57. The molecule has 1 saturated carbocycles. The van der Waals surface area contributed by atoms with Crippen LogP contribution < -0.4 is 0 Å². The second-order valence-electron chi connectivity index (χ2n) is 4.26. The van der Waals surface area contributed by atoms with Gasteiger partial charge in [-0.3, -0.25) is 4.90 Å². The van der Waals surface area contributed by atoms with Gasteiger partial charge in [-0.05, 0) is 33.7 Å². The van der Waals surface area contributed by atoms with Crippen LogP contribution in [0.3, 0.4) is 0 Å². The Balaban J connectivity index is 2.05. The normalized spacial score (nSPS) is 33.9. The quantitative estimate of drug-likeness (QED) is 0.552. The molecule has 1 aliphatic carbocycles. The lowest BCUT2D eigenvalue weighted by Crippen LogP contribution is -2.39. The maximum Gasteiger partial charge on any atom is 0.116 e. The Labute approximate surface area is 74.2 Å². The van der Waals surface area contributed by atoms with Crippen LogP contribution in [0.4, 0.5) is 0 Å². The predicted octanol–water partition coefficient (Wildman–Crippen LogP) is 1.77. The summed E-state index contributed by atoms with van der Waals surface area (Å²) in [6.07, 6.45) is 4.99. The Morgan fingerprint density at radius 3 is 2.58 bits per heavy atom. The molecule has 0 aromatic carbocycles. The van der Waals surface area contributed by atoms with E-state index in [2.05, 4.69) is 31.9 Å². The van der Waals surface area contributed by atoms with Crippen LogP contribution >= 0.6 is 0 Å². The summed E-state index contributed by atoms with van der Waals surface area (Å²) in [4.78, 5) is 2.30. The van der Waals surface area contributed by atoms with E-state index in [4.69, 9.17) is 4.74 Å². The summed E-state index contributed by atoms with van der Waals surface area (Å²) in [7, 11) is 2.14. The van der Waals surface area contributed by atoms with Crippen LogP contribution in [0.2, 0.25) is 0 Å². The maximum absolute atomic E-state index is 5.68. The van der Waals surface area contributed by atoms with E-state index in [1.54, 1.807) is 5.57 Å². The highest BCUT2D eigenvalue weighted by Gasteiger charge is 2.37. The summed E-state index contributed by atoms with van der Waals surface area (Å²) in [6, 6.07) is 0.512. The number of nitrogens with zero attached hydrogens (tertiary/aromatic N) is 1. The minimum Gasteiger partial charge on any atom is -0.359 e. The minimum absolute atomic E-state index is 0.0728. The van der Waals surface area contributed by atoms with Gasteiger partial charge in [-0.15, -0.1) is 0 Å². The molecular formula is C10H17NO. The third-order valence-corrected chi connectivity index (χ3v) is 2.92. The first kappa shape index (κ1) is 8.27. The molecule has 1 heterocycles. The van der Waals surface area contributed by atoms with Crippen molar-refractivity contribution in [3.63, 3.8) is 0 Å². The van der Waals surface area contributed by atoms with Crippen molar-refractivity contribution in [1.82, 2.24) is 4.90 Å². The van der Waals surface area contributed by atoms with Gasteiger partial charge in [-0.1, -0.05) is 11.6 Å². The van der Waals surface area contributed by atoms with Crippen LogP contribution in [0.1, 0.15) is 26.7 Å². The Bertz CT molecular complexity index is 214. The zero-order valence-corrected chi connectivity index (χ0v) is 8.13. The molecule has 0 N–H and O–H groups in total. The zero-order valence-electron chi connectivity index (χ0n) is 8.13. The van der Waals surface area contributed by atoms with E-state index in [9.17, 15) is 0 Å². The van der Waals surface area contributed by atoms with Crippen molar-refractivity contribution in [2.45, 2.75) is 38.5 Å². The van der Waals surface area contributed by atoms with E-state index in [-0.39, 0.29) is 5.72 Å². The molecule has 1 saturated heterocycles. The van der Waals surface area contributed by atoms with Gasteiger partial charge in [-0.25, -0.2) is 0 Å². The second-order valence-corrected chi connectivity index (χ2v) is 4.26. The minimum atomic E-state index is -0.0728. The Morgan fingerprint density at radius 2 is 2.17 bits per heavy atom. The van der Waals surface area contributed by atoms with Gasteiger partial charge >= 0.3 is 0 Å². The third-order valence-electron chi connectivity index (χ3n) is 2.92. The molecule has 0 bridgehead atoms. The van der Waals surface area contributed by atoms with E-state index in [0.29, 0.717) is 6.04 Å². The van der Waals surface area contributed by atoms with Crippen LogP contribution in [0, 0.1) is 0 Å². The molecule has 0 radical (unpaired) electrons. The summed E-state index contributed by atoms with van der Waals surface area (Å²) >= 11 is 0. The van der Waals surface area contributed by atoms with Crippen molar-refractivity contribution in [2.75, 3.05) is 13.7 Å². The molecule has 0 amide bonds. The summed E-state index contributed by atoms with van der Waals surface area (Å²) in [5.41, 5.74) is 1.53. The lowest BCUT2D eigenvalue weighted by Gasteiger charge is -2.28. The number of ether oxygens (including phenoxy) is 1. The van der Waals surface area contributed by atoms with Gasteiger partial charge in [0.2, 0.25) is 0 Å². The molecule has 2 fully saturated rings. The molecule has 1 atom stereocenters. The van der Waals surface area contributed by atoms with E-state index >= 15 is 0 Å². The van der Waals surface area contributed by atoms with Gasteiger partial charge in [-0.2, -0.15) is 0 Å². The van der Waals surface area contributed by atoms with Gasteiger partial charge < -0.3 is 4.74 Å². The lowest BCUT2D eigenvalue weighted by molar-refractivity contribution is -0.0401. The fraction of sp³-hybridized carbons (Fsp3) is 0.800. The molecule has 2 nitrogen and oxygen atoms in total. The number of hydrogen-bond acceptors (Lipinski definition) is 2. The van der Waals surface area contributed by atoms with Gasteiger partial charge in [0.15, 0.2) is 0 Å². The molecule has 0 unspecified atom stereocenters. The average Bonchev–Trinajstić information content (AvgIpc) is 2.75. The summed E-state index contributed by atoms with van der Waals surface area (Å²) < 4.78 is 5.68. The standard InChI is InChI=1S/C10H17NO/c1-10(2)11(3)9(7-12-10)6-8-4-5-8/h6,9H,4-5,7H2,1-3H3/t9-/m0/s1. The molecular weight excluding hydrogens is 150 g/mol. The van der Waals surface area contributed by atoms with Crippen LogP contribution in [0.15, 0.2) is 11.6 Å². The smallest absolute Gasteiger partial charge is 0.116 e. The first-order chi connectivity index (χ1) is 5.59. The van der Waals surface area contributed by atoms with Gasteiger partial charge in [0.25, 0.3) is 0 Å². The van der Waals surface area contributed by atoms with Crippen molar-refractivity contribution < 1.29 is 4.74 Å². The van der Waals surface area contributed by atoms with E-state index < -0.39 is 0 Å². The number of likely N-dealkylation sites (N-methyl/N-ethyl adjacent to an activating group) is 1. The summed E-state index contributed by atoms with van der Waals surface area (Å²) in [5, 5.41) is 0. The lowest BCUT2D eigenvalue weighted by atomic mass is 10.2. The fourth-order valence-electron chi connectivity index (χ4n) is 1.57. The van der Waals surface area contributed by atoms with Crippen molar-refractivity contribution in [3.8, 4) is 0 Å². The van der Waals surface area contributed by atoms with E-state index in [1.165, 1.54) is 12.8 Å². The number of rotatable bonds is 1. The van der Waals surface area contributed by atoms with Crippen LogP contribution in [0.25, 0.3) is 0 Å². The number of hydrogen-bond donors (Lipinski definition) is 0. The highest BCUT2D eigenvalue weighted by molar-refractivity contribution is 5.20. The van der Waals surface area contributed by atoms with Gasteiger partial charge in [0.1, 0.15) is 5.72 Å². The highest BCUT2D eigenvalue weighted by Crippen LogP contribution is 2.32. The molecule has 2 rings (SSSR count). The van der Waals surface area contributed by atoms with Gasteiger partial charge in [0.05, 0.1) is 12.6 Å². The van der Waals surface area contributed by atoms with Gasteiger partial charge in [0, 0.05) is 0 Å². The van der Waals surface area contributed by atoms with Crippen LogP contribution in [0.5, 0.6) is 0 Å². The van der Waals surface area contributed by atoms with Crippen LogP contribution in [-0.4, -0.2) is 30.3 Å². The average molecular weight is 167 g/mol. The molecule has 0 aromatic heterocycles. The first-order valence-electron chi connectivity index (χ1n) is 4.66. The Morgan fingerprint density at radius 1 is 1.50 bits per heavy atom. The van der Waals surface area contributed by atoms with E-state index in [1.807, 2.05) is 0 Å². The predicted molar refractivity (Wildman–Crippen MR) is 48.9 cm³/mol. The molecule has 0 spiro atoms. The maximum atomic E-state index is 5.68. The molecule has 68 valence electrons. The van der Waals surface area contributed by atoms with Crippen molar-refractivity contribution in [1.29, 1.82) is 0 Å². The summed E-state index contributed by atoms with van der Waals surface area (Å²) in [6.45, 7) is 5.10.